The minimum atomic E-state index is -0.546. The Morgan fingerprint density at radius 2 is 2.13 bits per heavy atom. The van der Waals surface area contributed by atoms with Gasteiger partial charge in [-0.3, -0.25) is 0 Å². The Morgan fingerprint density at radius 3 is 2.87 bits per heavy atom. The largest absolute Gasteiger partial charge is 0.423 e. The molecule has 3 atom stereocenters. The molecule has 1 saturated carbocycles. The zero-order chi connectivity index (χ0) is 20.9. The molecule has 2 bridgehead atoms. The molecule has 3 heterocycles. The Bertz CT molecular complexity index is 1110. The molecular weight excluding hydrogens is 406 g/mol. The lowest BCUT2D eigenvalue weighted by molar-refractivity contribution is -0.110. The number of rotatable bonds is 3. The lowest BCUT2D eigenvalue weighted by atomic mass is 9.64. The van der Waals surface area contributed by atoms with Gasteiger partial charge in [-0.25, -0.2) is 9.78 Å². The van der Waals surface area contributed by atoms with Crippen LogP contribution in [0.15, 0.2) is 35.0 Å². The smallest absolute Gasteiger partial charge is 0.323 e. The molecule has 2 amide bonds. The second-order valence-corrected chi connectivity index (χ2v) is 8.43. The summed E-state index contributed by atoms with van der Waals surface area (Å²) in [5.74, 6) is 1.88. The van der Waals surface area contributed by atoms with E-state index in [0.29, 0.717) is 39.8 Å². The van der Waals surface area contributed by atoms with Gasteiger partial charge in [0.2, 0.25) is 11.8 Å². The highest BCUT2D eigenvalue weighted by atomic mass is 35.5. The Hall–Kier alpha value is -3.07. The molecule has 10 heteroatoms. The van der Waals surface area contributed by atoms with E-state index >= 15 is 0 Å². The first-order valence-corrected chi connectivity index (χ1v) is 10.2. The van der Waals surface area contributed by atoms with Gasteiger partial charge in [-0.15, -0.1) is 15.3 Å². The number of halogens is 1. The average Bonchev–Trinajstić information content (AvgIpc) is 3.16. The van der Waals surface area contributed by atoms with Gasteiger partial charge in [0.05, 0.1) is 11.2 Å². The first-order valence-electron chi connectivity index (χ1n) is 9.81. The predicted molar refractivity (Wildman–Crippen MR) is 109 cm³/mol. The van der Waals surface area contributed by atoms with Crippen LogP contribution >= 0.6 is 11.6 Å². The lowest BCUT2D eigenvalue weighted by Gasteiger charge is -2.61. The van der Waals surface area contributed by atoms with Crippen molar-refractivity contribution < 1.29 is 9.21 Å². The summed E-state index contributed by atoms with van der Waals surface area (Å²) in [6.07, 6.45) is 5.63. The molecule has 0 unspecified atom stereocenters. The van der Waals surface area contributed by atoms with Crippen LogP contribution in [0.25, 0.3) is 11.4 Å². The van der Waals surface area contributed by atoms with Crippen molar-refractivity contribution in [3.8, 4) is 11.4 Å². The molecule has 0 spiro atoms. The third-order valence-electron chi connectivity index (χ3n) is 5.84. The number of nitrogens with zero attached hydrogens (tertiary/aromatic N) is 6. The molecule has 1 saturated heterocycles. The van der Waals surface area contributed by atoms with Gasteiger partial charge in [-0.2, -0.15) is 5.10 Å². The summed E-state index contributed by atoms with van der Waals surface area (Å²) in [6.45, 7) is 3.95. The van der Waals surface area contributed by atoms with Crippen molar-refractivity contribution in [3.63, 3.8) is 0 Å². The van der Waals surface area contributed by atoms with Crippen LogP contribution < -0.4 is 5.32 Å². The van der Waals surface area contributed by atoms with Gasteiger partial charge in [0.1, 0.15) is 5.54 Å². The van der Waals surface area contributed by atoms with Crippen LogP contribution in [-0.2, 0) is 5.54 Å². The normalized spacial score (nSPS) is 25.0. The SMILES string of the molecule is Cc1nnc([C@]23C[C@H](C)C[C@H](C2)N3C(=O)Nc2ccc(Cl)c(-c3nccnn3)c2)o1. The van der Waals surface area contributed by atoms with Gasteiger partial charge in [0, 0.05) is 36.8 Å². The second-order valence-electron chi connectivity index (χ2n) is 8.02. The number of fused-ring (bicyclic) bond motifs is 2. The molecule has 2 fully saturated rings. The minimum absolute atomic E-state index is 0.148. The van der Waals surface area contributed by atoms with E-state index in [0.717, 1.165) is 19.3 Å². The fourth-order valence-corrected chi connectivity index (χ4v) is 4.96. The summed E-state index contributed by atoms with van der Waals surface area (Å²) in [6, 6.07) is 5.16. The first kappa shape index (κ1) is 18.9. The molecule has 154 valence electrons. The number of piperidine rings is 1. The highest BCUT2D eigenvalue weighted by Crippen LogP contribution is 2.55. The van der Waals surface area contributed by atoms with Crippen LogP contribution in [0.4, 0.5) is 10.5 Å². The fraction of sp³-hybridized carbons (Fsp3) is 0.400. The Labute approximate surface area is 177 Å². The zero-order valence-electron chi connectivity index (χ0n) is 16.5. The Kier molecular flexibility index (Phi) is 4.43. The Morgan fingerprint density at radius 1 is 1.27 bits per heavy atom. The summed E-state index contributed by atoms with van der Waals surface area (Å²) < 4.78 is 5.75. The monoisotopic (exact) mass is 425 g/mol. The van der Waals surface area contributed by atoms with E-state index in [4.69, 9.17) is 16.0 Å². The molecule has 1 aromatic carbocycles. The van der Waals surface area contributed by atoms with Gasteiger partial charge < -0.3 is 14.6 Å². The van der Waals surface area contributed by atoms with E-state index in [-0.39, 0.29) is 12.1 Å². The third-order valence-corrected chi connectivity index (χ3v) is 6.17. The summed E-state index contributed by atoms with van der Waals surface area (Å²) in [5, 5.41) is 19.5. The number of urea groups is 1. The van der Waals surface area contributed by atoms with Crippen molar-refractivity contribution in [2.75, 3.05) is 5.32 Å². The highest BCUT2D eigenvalue weighted by Gasteiger charge is 2.62. The number of nitrogens with one attached hydrogen (secondary N) is 1. The summed E-state index contributed by atoms with van der Waals surface area (Å²) in [4.78, 5) is 19.3. The quantitative estimate of drug-likeness (QED) is 0.679. The van der Waals surface area contributed by atoms with Crippen LogP contribution in [0.3, 0.4) is 0 Å². The molecule has 30 heavy (non-hydrogen) atoms. The molecule has 0 radical (unpaired) electrons. The molecular formula is C20H20ClN7O2. The van der Waals surface area contributed by atoms with E-state index in [1.165, 1.54) is 6.20 Å². The second kappa shape index (κ2) is 7.02. The number of anilines is 1. The highest BCUT2D eigenvalue weighted by molar-refractivity contribution is 6.33. The van der Waals surface area contributed by atoms with Crippen molar-refractivity contribution in [2.45, 2.75) is 44.7 Å². The molecule has 9 nitrogen and oxygen atoms in total. The maximum atomic E-state index is 13.3. The number of benzene rings is 1. The number of aryl methyl sites for hydroxylation is 1. The predicted octanol–water partition coefficient (Wildman–Crippen LogP) is 3.82. The standard InChI is InChI=1S/C20H20ClN7O2/c1-11-7-14-10-20(9-11,18-27-25-12(2)30-18)28(14)19(29)24-13-3-4-16(21)15(8-13)17-22-5-6-23-26-17/h3-6,8,11,14H,7,9-10H2,1-2H3,(H,24,29)/t11-,14-,20+/m1/s1. The van der Waals surface area contributed by atoms with E-state index in [2.05, 4.69) is 37.6 Å². The van der Waals surface area contributed by atoms with E-state index in [1.54, 1.807) is 31.3 Å². The van der Waals surface area contributed by atoms with Crippen molar-refractivity contribution in [2.24, 2.45) is 5.92 Å². The van der Waals surface area contributed by atoms with Crippen LogP contribution in [0.2, 0.25) is 5.02 Å². The molecule has 1 aliphatic carbocycles. The average molecular weight is 426 g/mol. The van der Waals surface area contributed by atoms with E-state index < -0.39 is 5.54 Å². The lowest BCUT2D eigenvalue weighted by Crippen LogP contribution is -2.70. The van der Waals surface area contributed by atoms with Crippen molar-refractivity contribution >= 4 is 23.3 Å². The number of hydrogen-bond acceptors (Lipinski definition) is 7. The van der Waals surface area contributed by atoms with Gasteiger partial charge in [-0.1, -0.05) is 18.5 Å². The van der Waals surface area contributed by atoms with Crippen LogP contribution in [0.5, 0.6) is 0 Å². The maximum absolute atomic E-state index is 13.3. The first-order chi connectivity index (χ1) is 14.5. The van der Waals surface area contributed by atoms with Crippen molar-refractivity contribution in [1.82, 2.24) is 30.3 Å². The van der Waals surface area contributed by atoms with Gasteiger partial charge in [-0.05, 0) is 37.0 Å². The number of hydrogen-bond donors (Lipinski definition) is 1. The summed E-state index contributed by atoms with van der Waals surface area (Å²) in [5.41, 5.74) is 0.652. The number of carbonyl (C=O) groups is 1. The number of aromatic nitrogens is 5. The maximum Gasteiger partial charge on any atom is 0.323 e. The van der Waals surface area contributed by atoms with E-state index in [1.807, 2.05) is 4.90 Å². The van der Waals surface area contributed by atoms with Gasteiger partial charge in [0.15, 0.2) is 5.82 Å². The third kappa shape index (κ3) is 3.00. The number of amides is 2. The van der Waals surface area contributed by atoms with Gasteiger partial charge >= 0.3 is 6.03 Å². The molecule has 1 aliphatic heterocycles. The molecule has 2 aromatic heterocycles. The van der Waals surface area contributed by atoms with Gasteiger partial charge in [0.25, 0.3) is 0 Å². The number of likely N-dealkylation sites (tertiary alicyclic amines) is 1. The Balaban J connectivity index is 1.43. The topological polar surface area (TPSA) is 110 Å². The molecule has 1 N–H and O–H groups in total. The fourth-order valence-electron chi connectivity index (χ4n) is 4.76. The molecule has 3 aromatic rings. The van der Waals surface area contributed by atoms with Crippen LogP contribution in [0.1, 0.15) is 38.0 Å². The summed E-state index contributed by atoms with van der Waals surface area (Å²) >= 11 is 6.31. The van der Waals surface area contributed by atoms with E-state index in [9.17, 15) is 4.79 Å². The minimum Gasteiger partial charge on any atom is -0.423 e. The van der Waals surface area contributed by atoms with Crippen LogP contribution in [-0.4, -0.2) is 42.4 Å². The summed E-state index contributed by atoms with van der Waals surface area (Å²) in [7, 11) is 0. The van der Waals surface area contributed by atoms with Crippen LogP contribution in [0, 0.1) is 12.8 Å². The van der Waals surface area contributed by atoms with Crippen molar-refractivity contribution in [1.29, 1.82) is 0 Å². The molecule has 5 rings (SSSR count). The zero-order valence-corrected chi connectivity index (χ0v) is 17.3. The number of carbonyl (C=O) groups excluding carboxylic acids is 1. The molecule has 2 aliphatic rings. The van der Waals surface area contributed by atoms with Crippen molar-refractivity contribution in [3.05, 3.63) is 47.4 Å².